The van der Waals surface area contributed by atoms with Gasteiger partial charge in [-0.05, 0) is 19.9 Å². The van der Waals surface area contributed by atoms with Crippen LogP contribution in [0, 0.1) is 6.92 Å². The van der Waals surface area contributed by atoms with E-state index in [0.29, 0.717) is 0 Å². The maximum atomic E-state index is 11.2. The minimum absolute atomic E-state index is 0.0293. The van der Waals surface area contributed by atoms with Crippen LogP contribution in [0.4, 0.5) is 0 Å². The van der Waals surface area contributed by atoms with Crippen LogP contribution in [0.2, 0.25) is 0 Å². The van der Waals surface area contributed by atoms with Crippen molar-refractivity contribution in [2.24, 2.45) is 0 Å². The molecule has 0 bridgehead atoms. The molecule has 1 amide bonds. The molecule has 0 unspecified atom stereocenters. The van der Waals surface area contributed by atoms with Gasteiger partial charge in [-0.3, -0.25) is 4.79 Å². The van der Waals surface area contributed by atoms with Crippen molar-refractivity contribution in [1.29, 1.82) is 0 Å². The summed E-state index contributed by atoms with van der Waals surface area (Å²) in [7, 11) is 1.62. The third-order valence-electron chi connectivity index (χ3n) is 2.35. The van der Waals surface area contributed by atoms with Crippen LogP contribution in [-0.4, -0.2) is 18.9 Å². The number of hydrogen-bond donors (Lipinski definition) is 1. The maximum Gasteiger partial charge on any atom is 0.235 e. The first kappa shape index (κ1) is 12.8. The Morgan fingerprint density at radius 2 is 2.25 bits per heavy atom. The van der Waals surface area contributed by atoms with Crippen molar-refractivity contribution in [2.45, 2.75) is 19.9 Å². The summed E-state index contributed by atoms with van der Waals surface area (Å²) in [4.78, 5) is 11.2. The van der Waals surface area contributed by atoms with E-state index in [1.54, 1.807) is 7.11 Å². The number of amides is 1. The zero-order valence-corrected chi connectivity index (χ0v) is 10.5. The first-order valence-electron chi connectivity index (χ1n) is 5.08. The molecule has 88 valence electrons. The van der Waals surface area contributed by atoms with E-state index in [4.69, 9.17) is 16.3 Å². The summed E-state index contributed by atoms with van der Waals surface area (Å²) in [5.41, 5.74) is 2.09. The van der Waals surface area contributed by atoms with Gasteiger partial charge in [-0.25, -0.2) is 0 Å². The molecule has 0 heterocycles. The van der Waals surface area contributed by atoms with Gasteiger partial charge in [0.1, 0.15) is 11.6 Å². The molecule has 0 aliphatic rings. The summed E-state index contributed by atoms with van der Waals surface area (Å²) in [6.45, 7) is 3.90. The minimum Gasteiger partial charge on any atom is -0.496 e. The average molecular weight is 242 g/mol. The Balaban J connectivity index is 2.92. The van der Waals surface area contributed by atoms with Crippen LogP contribution in [-0.2, 0) is 4.79 Å². The summed E-state index contributed by atoms with van der Waals surface area (Å²) >= 11 is 5.45. The fourth-order valence-electron chi connectivity index (χ4n) is 1.55. The van der Waals surface area contributed by atoms with E-state index in [0.717, 1.165) is 16.9 Å². The number of aryl methyl sites for hydroxylation is 1. The highest BCUT2D eigenvalue weighted by Crippen LogP contribution is 2.25. The molecule has 0 saturated heterocycles. The van der Waals surface area contributed by atoms with Gasteiger partial charge in [-0.15, -0.1) is 11.6 Å². The standard InChI is InChI=1S/C12H16ClNO2/c1-8-4-5-11(16-3)10(6-8)9(2)14-12(15)7-13/h4-6,9H,7H2,1-3H3,(H,14,15)/t9-/m0/s1. The molecule has 0 saturated carbocycles. The molecular formula is C12H16ClNO2. The predicted octanol–water partition coefficient (Wildman–Crippen LogP) is 2.42. The van der Waals surface area contributed by atoms with Crippen LogP contribution in [0.15, 0.2) is 18.2 Å². The summed E-state index contributed by atoms with van der Waals surface area (Å²) in [6, 6.07) is 5.76. The molecule has 1 aromatic rings. The Kier molecular flexibility index (Phi) is 4.62. The van der Waals surface area contributed by atoms with Gasteiger partial charge in [0.2, 0.25) is 5.91 Å². The lowest BCUT2D eigenvalue weighted by atomic mass is 10.0. The van der Waals surface area contributed by atoms with Gasteiger partial charge in [0.25, 0.3) is 0 Å². The van der Waals surface area contributed by atoms with E-state index in [-0.39, 0.29) is 17.8 Å². The van der Waals surface area contributed by atoms with Crippen LogP contribution in [0.5, 0.6) is 5.75 Å². The monoisotopic (exact) mass is 241 g/mol. The van der Waals surface area contributed by atoms with Crippen molar-refractivity contribution in [2.75, 3.05) is 13.0 Å². The topological polar surface area (TPSA) is 38.3 Å². The highest BCUT2D eigenvalue weighted by molar-refractivity contribution is 6.27. The van der Waals surface area contributed by atoms with Crippen molar-refractivity contribution in [3.05, 3.63) is 29.3 Å². The molecule has 0 spiro atoms. The van der Waals surface area contributed by atoms with E-state index < -0.39 is 0 Å². The highest BCUT2D eigenvalue weighted by atomic mass is 35.5. The molecule has 0 radical (unpaired) electrons. The minimum atomic E-state index is -0.183. The molecular weight excluding hydrogens is 226 g/mol. The van der Waals surface area contributed by atoms with E-state index in [2.05, 4.69) is 5.32 Å². The van der Waals surface area contributed by atoms with Gasteiger partial charge in [-0.2, -0.15) is 0 Å². The Hall–Kier alpha value is -1.22. The van der Waals surface area contributed by atoms with Gasteiger partial charge in [0.15, 0.2) is 0 Å². The third kappa shape index (κ3) is 3.14. The average Bonchev–Trinajstić information content (AvgIpc) is 2.28. The van der Waals surface area contributed by atoms with Gasteiger partial charge in [0.05, 0.1) is 13.2 Å². The number of rotatable bonds is 4. The molecule has 3 nitrogen and oxygen atoms in total. The smallest absolute Gasteiger partial charge is 0.235 e. The summed E-state index contributed by atoms with van der Waals surface area (Å²) in [6.07, 6.45) is 0. The Labute approximate surface area is 101 Å². The lowest BCUT2D eigenvalue weighted by Gasteiger charge is -2.17. The summed E-state index contributed by atoms with van der Waals surface area (Å²) < 4.78 is 5.25. The number of ether oxygens (including phenoxy) is 1. The number of carbonyl (C=O) groups excluding carboxylic acids is 1. The van der Waals surface area contributed by atoms with Crippen molar-refractivity contribution in [1.82, 2.24) is 5.32 Å². The maximum absolute atomic E-state index is 11.2. The fourth-order valence-corrected chi connectivity index (χ4v) is 1.63. The number of halogens is 1. The summed E-state index contributed by atoms with van der Waals surface area (Å²) in [5, 5.41) is 2.80. The largest absolute Gasteiger partial charge is 0.496 e. The van der Waals surface area contributed by atoms with E-state index in [9.17, 15) is 4.79 Å². The van der Waals surface area contributed by atoms with E-state index in [1.165, 1.54) is 0 Å². The van der Waals surface area contributed by atoms with Crippen molar-refractivity contribution < 1.29 is 9.53 Å². The third-order valence-corrected chi connectivity index (χ3v) is 2.59. The quantitative estimate of drug-likeness (QED) is 0.823. The molecule has 0 fully saturated rings. The lowest BCUT2D eigenvalue weighted by Crippen LogP contribution is -2.27. The number of nitrogens with one attached hydrogen (secondary N) is 1. The number of methoxy groups -OCH3 is 1. The normalized spacial score (nSPS) is 12.0. The zero-order valence-electron chi connectivity index (χ0n) is 9.71. The molecule has 1 rings (SSSR count). The Morgan fingerprint density at radius 1 is 1.56 bits per heavy atom. The first-order chi connectivity index (χ1) is 7.58. The summed E-state index contributed by atoms with van der Waals surface area (Å²) in [5.74, 6) is 0.559. The first-order valence-corrected chi connectivity index (χ1v) is 5.61. The van der Waals surface area contributed by atoms with E-state index in [1.807, 2.05) is 32.0 Å². The lowest BCUT2D eigenvalue weighted by molar-refractivity contribution is -0.119. The second-order valence-electron chi connectivity index (χ2n) is 3.67. The van der Waals surface area contributed by atoms with E-state index >= 15 is 0 Å². The molecule has 1 aromatic carbocycles. The molecule has 16 heavy (non-hydrogen) atoms. The SMILES string of the molecule is COc1ccc(C)cc1[C@H](C)NC(=O)CCl. The van der Waals surface area contributed by atoms with Crippen LogP contribution >= 0.6 is 11.6 Å². The van der Waals surface area contributed by atoms with Gasteiger partial charge >= 0.3 is 0 Å². The zero-order chi connectivity index (χ0) is 12.1. The van der Waals surface area contributed by atoms with Crippen molar-refractivity contribution in [3.8, 4) is 5.75 Å². The molecule has 1 atom stereocenters. The van der Waals surface area contributed by atoms with Crippen LogP contribution < -0.4 is 10.1 Å². The molecule has 4 heteroatoms. The highest BCUT2D eigenvalue weighted by Gasteiger charge is 2.13. The fraction of sp³-hybridized carbons (Fsp3) is 0.417. The van der Waals surface area contributed by atoms with Crippen molar-refractivity contribution >= 4 is 17.5 Å². The second kappa shape index (κ2) is 5.75. The van der Waals surface area contributed by atoms with Crippen molar-refractivity contribution in [3.63, 3.8) is 0 Å². The number of carbonyl (C=O) groups is 1. The van der Waals surface area contributed by atoms with Crippen LogP contribution in [0.25, 0.3) is 0 Å². The number of hydrogen-bond acceptors (Lipinski definition) is 2. The predicted molar refractivity (Wildman–Crippen MR) is 65.0 cm³/mol. The molecule has 0 aliphatic heterocycles. The van der Waals surface area contributed by atoms with Gasteiger partial charge in [0, 0.05) is 5.56 Å². The molecule has 0 aromatic heterocycles. The van der Waals surface area contributed by atoms with Crippen LogP contribution in [0.1, 0.15) is 24.1 Å². The van der Waals surface area contributed by atoms with Gasteiger partial charge in [-0.1, -0.05) is 17.7 Å². The molecule has 1 N–H and O–H groups in total. The Bertz CT molecular complexity index is 379. The van der Waals surface area contributed by atoms with Crippen LogP contribution in [0.3, 0.4) is 0 Å². The second-order valence-corrected chi connectivity index (χ2v) is 3.94. The Morgan fingerprint density at radius 3 is 2.81 bits per heavy atom. The van der Waals surface area contributed by atoms with Gasteiger partial charge < -0.3 is 10.1 Å². The molecule has 0 aliphatic carbocycles. The number of alkyl halides is 1. The number of benzene rings is 1.